The molecule has 3 nitrogen and oxygen atoms in total. The van der Waals surface area contributed by atoms with Gasteiger partial charge in [0.25, 0.3) is 0 Å². The minimum Gasteiger partial charge on any atom is -0.314 e. The Bertz CT molecular complexity index is 541. The van der Waals surface area contributed by atoms with Crippen LogP contribution in [0.5, 0.6) is 0 Å². The molecule has 1 aromatic carbocycles. The van der Waals surface area contributed by atoms with Crippen LogP contribution in [0.15, 0.2) is 29.2 Å². The molecule has 21 heavy (non-hydrogen) atoms. The number of rotatable bonds is 7. The minimum absolute atomic E-state index is 0.188. The smallest absolute Gasteiger partial charge is 0.314 e. The van der Waals surface area contributed by atoms with Crippen molar-refractivity contribution in [2.24, 2.45) is 5.92 Å². The highest BCUT2D eigenvalue weighted by molar-refractivity contribution is 7.91. The molecule has 1 aromatic rings. The summed E-state index contributed by atoms with van der Waals surface area (Å²) in [6.07, 6.45) is 0. The number of benzene rings is 1. The second kappa shape index (κ2) is 7.31. The molecule has 2 atom stereocenters. The van der Waals surface area contributed by atoms with E-state index >= 15 is 0 Å². The van der Waals surface area contributed by atoms with Gasteiger partial charge in [-0.3, -0.25) is 0 Å². The molecule has 0 aromatic heterocycles. The molecule has 6 heteroatoms. The van der Waals surface area contributed by atoms with Crippen molar-refractivity contribution in [1.29, 1.82) is 0 Å². The Kier molecular flexibility index (Phi) is 6.28. The van der Waals surface area contributed by atoms with E-state index in [4.69, 9.17) is 0 Å². The summed E-state index contributed by atoms with van der Waals surface area (Å²) in [5.41, 5.74) is 0.951. The van der Waals surface area contributed by atoms with E-state index < -0.39 is 15.6 Å². The van der Waals surface area contributed by atoms with Crippen LogP contribution in [0, 0.1) is 5.92 Å². The number of nitrogens with one attached hydrogen (secondary N) is 1. The van der Waals surface area contributed by atoms with Crippen molar-refractivity contribution >= 4 is 9.84 Å². The number of hydrogen-bond donors (Lipinski definition) is 1. The van der Waals surface area contributed by atoms with Crippen molar-refractivity contribution in [3.8, 4) is 0 Å². The molecular formula is C15H23F2NO2S. The van der Waals surface area contributed by atoms with Gasteiger partial charge in [0, 0.05) is 12.0 Å². The molecular weight excluding hydrogens is 296 g/mol. The predicted molar refractivity (Wildman–Crippen MR) is 80.3 cm³/mol. The maximum absolute atomic E-state index is 12.5. The van der Waals surface area contributed by atoms with Gasteiger partial charge in [0.1, 0.15) is 0 Å². The number of hydrogen-bond acceptors (Lipinski definition) is 3. The van der Waals surface area contributed by atoms with Gasteiger partial charge in [-0.1, -0.05) is 32.9 Å². The quantitative estimate of drug-likeness (QED) is 0.837. The zero-order chi connectivity index (χ0) is 16.2. The van der Waals surface area contributed by atoms with Gasteiger partial charge in [0.15, 0.2) is 0 Å². The van der Waals surface area contributed by atoms with E-state index in [2.05, 4.69) is 26.1 Å². The van der Waals surface area contributed by atoms with E-state index in [0.717, 1.165) is 12.1 Å². The van der Waals surface area contributed by atoms with Gasteiger partial charge in [-0.05, 0) is 37.1 Å². The molecule has 0 amide bonds. The van der Waals surface area contributed by atoms with Gasteiger partial charge in [-0.2, -0.15) is 8.78 Å². The number of sulfone groups is 1. The van der Waals surface area contributed by atoms with Gasteiger partial charge < -0.3 is 5.32 Å². The average Bonchev–Trinajstić information content (AvgIpc) is 2.39. The zero-order valence-electron chi connectivity index (χ0n) is 12.8. The molecule has 1 N–H and O–H groups in total. The van der Waals surface area contributed by atoms with Gasteiger partial charge >= 0.3 is 5.76 Å². The van der Waals surface area contributed by atoms with Crippen LogP contribution in [0.3, 0.4) is 0 Å². The Morgan fingerprint density at radius 2 is 1.62 bits per heavy atom. The SMILES string of the molecule is CCNC(C)C(c1ccc(S(=O)(=O)C(F)F)cc1)C(C)C. The van der Waals surface area contributed by atoms with Crippen molar-refractivity contribution in [2.75, 3.05) is 6.54 Å². The first kappa shape index (κ1) is 18.0. The lowest BCUT2D eigenvalue weighted by molar-refractivity contribution is 0.234. The fraction of sp³-hybridized carbons (Fsp3) is 0.600. The van der Waals surface area contributed by atoms with Crippen LogP contribution in [0.1, 0.15) is 39.2 Å². The van der Waals surface area contributed by atoms with Crippen LogP contribution in [0.25, 0.3) is 0 Å². The van der Waals surface area contributed by atoms with E-state index in [1.165, 1.54) is 12.1 Å². The number of alkyl halides is 2. The summed E-state index contributed by atoms with van der Waals surface area (Å²) in [5.74, 6) is -2.85. The molecule has 1 rings (SSSR count). The third-order valence-corrected chi connectivity index (χ3v) is 5.01. The van der Waals surface area contributed by atoms with Crippen molar-refractivity contribution < 1.29 is 17.2 Å². The van der Waals surface area contributed by atoms with Gasteiger partial charge in [0.2, 0.25) is 9.84 Å². The molecule has 0 bridgehead atoms. The predicted octanol–water partition coefficient (Wildman–Crippen LogP) is 3.42. The van der Waals surface area contributed by atoms with Crippen molar-refractivity contribution in [2.45, 2.75) is 50.3 Å². The largest absolute Gasteiger partial charge is 0.341 e. The van der Waals surface area contributed by atoms with E-state index in [0.29, 0.717) is 5.92 Å². The first-order chi connectivity index (χ1) is 9.71. The molecule has 0 saturated heterocycles. The minimum atomic E-state index is -4.52. The van der Waals surface area contributed by atoms with E-state index in [-0.39, 0.29) is 16.9 Å². The summed E-state index contributed by atoms with van der Waals surface area (Å²) in [5, 5.41) is 3.35. The van der Waals surface area contributed by atoms with Crippen LogP contribution >= 0.6 is 0 Å². The van der Waals surface area contributed by atoms with Crippen LogP contribution in [0.2, 0.25) is 0 Å². The van der Waals surface area contributed by atoms with Crippen molar-refractivity contribution in [3.05, 3.63) is 29.8 Å². The monoisotopic (exact) mass is 319 g/mol. The molecule has 0 aliphatic rings. The van der Waals surface area contributed by atoms with Gasteiger partial charge in [-0.15, -0.1) is 0 Å². The lowest BCUT2D eigenvalue weighted by atomic mass is 9.83. The highest BCUT2D eigenvalue weighted by Crippen LogP contribution is 2.29. The van der Waals surface area contributed by atoms with Crippen LogP contribution < -0.4 is 5.32 Å². The standard InChI is InChI=1S/C15H23F2NO2S/c1-5-18-11(4)14(10(2)3)12-6-8-13(9-7-12)21(19,20)15(16)17/h6-11,14-15,18H,5H2,1-4H3. The van der Waals surface area contributed by atoms with Crippen LogP contribution in [-0.4, -0.2) is 26.8 Å². The summed E-state index contributed by atoms with van der Waals surface area (Å²) in [6.45, 7) is 9.09. The number of likely N-dealkylation sites (N-methyl/N-ethyl adjacent to an activating group) is 1. The molecule has 0 heterocycles. The molecule has 0 spiro atoms. The highest BCUT2D eigenvalue weighted by atomic mass is 32.2. The van der Waals surface area contributed by atoms with E-state index in [1.54, 1.807) is 12.1 Å². The third kappa shape index (κ3) is 4.23. The Hall–Kier alpha value is -1.01. The van der Waals surface area contributed by atoms with E-state index in [9.17, 15) is 17.2 Å². The lowest BCUT2D eigenvalue weighted by Gasteiger charge is -2.28. The molecule has 0 fully saturated rings. The second-order valence-electron chi connectivity index (χ2n) is 5.49. The first-order valence-electron chi connectivity index (χ1n) is 7.07. The summed E-state index contributed by atoms with van der Waals surface area (Å²) in [7, 11) is -4.52. The molecule has 0 aliphatic carbocycles. The Balaban J connectivity index is 3.09. The molecule has 0 saturated carbocycles. The van der Waals surface area contributed by atoms with E-state index in [1.807, 2.05) is 6.92 Å². The normalized spacial score (nSPS) is 15.4. The summed E-state index contributed by atoms with van der Waals surface area (Å²) in [6, 6.07) is 6.02. The Morgan fingerprint density at radius 1 is 1.10 bits per heavy atom. The fourth-order valence-electron chi connectivity index (χ4n) is 2.68. The average molecular weight is 319 g/mol. The number of halogens is 2. The molecule has 0 aliphatic heterocycles. The van der Waals surface area contributed by atoms with Crippen LogP contribution in [-0.2, 0) is 9.84 Å². The van der Waals surface area contributed by atoms with Gasteiger partial charge in [0.05, 0.1) is 4.90 Å². The molecule has 2 unspecified atom stereocenters. The van der Waals surface area contributed by atoms with Crippen molar-refractivity contribution in [3.63, 3.8) is 0 Å². The lowest BCUT2D eigenvalue weighted by Crippen LogP contribution is -2.34. The molecule has 120 valence electrons. The molecule has 0 radical (unpaired) electrons. The topological polar surface area (TPSA) is 46.2 Å². The summed E-state index contributed by atoms with van der Waals surface area (Å²) >= 11 is 0. The maximum Gasteiger partial charge on any atom is 0.341 e. The zero-order valence-corrected chi connectivity index (χ0v) is 13.6. The van der Waals surface area contributed by atoms with Gasteiger partial charge in [-0.25, -0.2) is 8.42 Å². The summed E-state index contributed by atoms with van der Waals surface area (Å²) in [4.78, 5) is -0.333. The summed E-state index contributed by atoms with van der Waals surface area (Å²) < 4.78 is 47.9. The maximum atomic E-state index is 12.5. The Morgan fingerprint density at radius 3 is 2.00 bits per heavy atom. The van der Waals surface area contributed by atoms with Crippen molar-refractivity contribution in [1.82, 2.24) is 5.32 Å². The Labute approximate surface area is 125 Å². The fourth-order valence-corrected chi connectivity index (χ4v) is 3.40. The second-order valence-corrected chi connectivity index (χ2v) is 7.41. The van der Waals surface area contributed by atoms with Crippen LogP contribution in [0.4, 0.5) is 8.78 Å². The third-order valence-electron chi connectivity index (χ3n) is 3.61. The highest BCUT2D eigenvalue weighted by Gasteiger charge is 2.27. The first-order valence-corrected chi connectivity index (χ1v) is 8.61.